The number of benzene rings is 1. The van der Waals surface area contributed by atoms with Crippen molar-refractivity contribution in [2.45, 2.75) is 6.18 Å². The van der Waals surface area contributed by atoms with Gasteiger partial charge in [0.15, 0.2) is 0 Å². The number of piperazine rings is 1. The van der Waals surface area contributed by atoms with Gasteiger partial charge in [0.25, 0.3) is 0 Å². The number of nitrogens with zero attached hydrogens (tertiary/aromatic N) is 5. The van der Waals surface area contributed by atoms with Gasteiger partial charge >= 0.3 is 6.18 Å². The number of aromatic nitrogens is 2. The van der Waals surface area contributed by atoms with Crippen molar-refractivity contribution in [1.29, 1.82) is 5.26 Å². The Kier molecular flexibility index (Phi) is 4.12. The number of aryl methyl sites for hydroxylation is 1. The lowest BCUT2D eigenvalue weighted by Gasteiger charge is -2.35. The minimum atomic E-state index is -4.62. The number of halogens is 3. The Balaban J connectivity index is 1.83. The molecule has 25 heavy (non-hydrogen) atoms. The van der Waals surface area contributed by atoms with E-state index in [4.69, 9.17) is 5.26 Å². The number of anilines is 2. The summed E-state index contributed by atoms with van der Waals surface area (Å²) in [5.74, 6) is -0.225. The lowest BCUT2D eigenvalue weighted by atomic mass is 10.1. The molecule has 2 heterocycles. The molecule has 1 aromatic carbocycles. The van der Waals surface area contributed by atoms with Crippen molar-refractivity contribution >= 4 is 17.3 Å². The highest BCUT2D eigenvalue weighted by atomic mass is 19.4. The smallest absolute Gasteiger partial charge is 0.360 e. The molecule has 1 saturated heterocycles. The van der Waals surface area contributed by atoms with Crippen LogP contribution < -0.4 is 9.80 Å². The first kappa shape index (κ1) is 16.8. The second kappa shape index (κ2) is 6.12. The molecule has 0 spiro atoms. The molecule has 0 radical (unpaired) electrons. The van der Waals surface area contributed by atoms with Crippen molar-refractivity contribution in [3.63, 3.8) is 0 Å². The van der Waals surface area contributed by atoms with Crippen LogP contribution in [0.5, 0.6) is 0 Å². The molecule has 0 saturated carbocycles. The van der Waals surface area contributed by atoms with Crippen LogP contribution in [0.15, 0.2) is 30.6 Å². The van der Waals surface area contributed by atoms with Gasteiger partial charge in [-0.1, -0.05) is 0 Å². The van der Waals surface area contributed by atoms with Crippen LogP contribution >= 0.6 is 0 Å². The van der Waals surface area contributed by atoms with Crippen LogP contribution in [0.2, 0.25) is 0 Å². The highest BCUT2D eigenvalue weighted by Gasteiger charge is 2.35. The van der Waals surface area contributed by atoms with Crippen molar-refractivity contribution in [2.24, 2.45) is 7.05 Å². The standard InChI is InChI=1S/C16H14F3N5O/c1-22-9-13(8-21-22)24-5-4-23(10-15(24)25)12-3-2-11(7-20)14(6-12)16(17,18)19/h2-3,6,8-9H,4-5,10H2,1H3. The van der Waals surface area contributed by atoms with Crippen LogP contribution in [-0.4, -0.2) is 35.3 Å². The normalized spacial score (nSPS) is 15.4. The Labute approximate surface area is 141 Å². The Morgan fingerprint density at radius 3 is 2.56 bits per heavy atom. The maximum atomic E-state index is 13.1. The van der Waals surface area contributed by atoms with Crippen molar-refractivity contribution < 1.29 is 18.0 Å². The largest absolute Gasteiger partial charge is 0.417 e. The molecule has 1 amide bonds. The molecular weight excluding hydrogens is 335 g/mol. The van der Waals surface area contributed by atoms with Gasteiger partial charge in [-0.3, -0.25) is 9.48 Å². The number of carbonyl (C=O) groups excluding carboxylic acids is 1. The van der Waals surface area contributed by atoms with E-state index in [9.17, 15) is 18.0 Å². The number of rotatable bonds is 2. The zero-order chi connectivity index (χ0) is 18.2. The van der Waals surface area contributed by atoms with Crippen molar-refractivity contribution in [3.8, 4) is 6.07 Å². The van der Waals surface area contributed by atoms with Crippen molar-refractivity contribution in [3.05, 3.63) is 41.7 Å². The van der Waals surface area contributed by atoms with Crippen LogP contribution in [0.4, 0.5) is 24.5 Å². The van der Waals surface area contributed by atoms with Crippen LogP contribution in [0.1, 0.15) is 11.1 Å². The van der Waals surface area contributed by atoms with E-state index in [1.807, 2.05) is 0 Å². The fourth-order valence-corrected chi connectivity index (χ4v) is 2.78. The van der Waals surface area contributed by atoms with Gasteiger partial charge in [0.05, 0.1) is 35.6 Å². The number of carbonyl (C=O) groups is 1. The predicted octanol–water partition coefficient (Wildman–Crippen LogP) is 2.16. The van der Waals surface area contributed by atoms with E-state index in [0.717, 1.165) is 12.1 Å². The van der Waals surface area contributed by atoms with Crippen LogP contribution in [0.3, 0.4) is 0 Å². The molecule has 3 rings (SSSR count). The molecule has 0 bridgehead atoms. The number of alkyl halides is 3. The first-order valence-electron chi connectivity index (χ1n) is 7.45. The minimum absolute atomic E-state index is 0.0436. The maximum absolute atomic E-state index is 13.1. The molecule has 0 aliphatic carbocycles. The van der Waals surface area contributed by atoms with Gasteiger partial charge in [0, 0.05) is 32.0 Å². The molecule has 1 aliphatic heterocycles. The highest BCUT2D eigenvalue weighted by molar-refractivity contribution is 5.97. The van der Waals surface area contributed by atoms with Gasteiger partial charge in [-0.25, -0.2) is 0 Å². The quantitative estimate of drug-likeness (QED) is 0.833. The van der Waals surface area contributed by atoms with Gasteiger partial charge in [-0.05, 0) is 18.2 Å². The number of nitriles is 1. The Bertz CT molecular complexity index is 852. The van der Waals surface area contributed by atoms with E-state index in [2.05, 4.69) is 5.10 Å². The molecule has 0 N–H and O–H groups in total. The minimum Gasteiger partial charge on any atom is -0.360 e. The Morgan fingerprint density at radius 2 is 2.00 bits per heavy atom. The van der Waals surface area contributed by atoms with Gasteiger partial charge in [-0.15, -0.1) is 0 Å². The van der Waals surface area contributed by atoms with E-state index in [0.29, 0.717) is 18.8 Å². The fourth-order valence-electron chi connectivity index (χ4n) is 2.78. The summed E-state index contributed by atoms with van der Waals surface area (Å²) in [6.07, 6.45) is -1.35. The molecular formula is C16H14F3N5O. The number of hydrogen-bond donors (Lipinski definition) is 0. The summed E-state index contributed by atoms with van der Waals surface area (Å²) in [4.78, 5) is 15.5. The molecule has 2 aromatic rings. The van der Waals surface area contributed by atoms with Crippen molar-refractivity contribution in [2.75, 3.05) is 29.4 Å². The third-order valence-electron chi connectivity index (χ3n) is 4.02. The molecule has 6 nitrogen and oxygen atoms in total. The monoisotopic (exact) mass is 349 g/mol. The second-order valence-electron chi connectivity index (χ2n) is 5.68. The van der Waals surface area contributed by atoms with Gasteiger partial charge in [0.2, 0.25) is 5.91 Å². The third-order valence-corrected chi connectivity index (χ3v) is 4.02. The maximum Gasteiger partial charge on any atom is 0.417 e. The highest BCUT2D eigenvalue weighted by Crippen LogP contribution is 2.34. The van der Waals surface area contributed by atoms with E-state index in [1.165, 1.54) is 6.07 Å². The average Bonchev–Trinajstić information content (AvgIpc) is 2.99. The molecule has 1 aromatic heterocycles. The number of amides is 1. The predicted molar refractivity (Wildman–Crippen MR) is 83.9 cm³/mol. The Hall–Kier alpha value is -3.02. The van der Waals surface area contributed by atoms with Gasteiger partial charge in [-0.2, -0.15) is 23.5 Å². The lowest BCUT2D eigenvalue weighted by molar-refractivity contribution is -0.137. The van der Waals surface area contributed by atoms with E-state index < -0.39 is 17.3 Å². The average molecular weight is 349 g/mol. The van der Waals surface area contributed by atoms with E-state index >= 15 is 0 Å². The van der Waals surface area contributed by atoms with Crippen LogP contribution in [-0.2, 0) is 18.0 Å². The lowest BCUT2D eigenvalue weighted by Crippen LogP contribution is -2.50. The zero-order valence-corrected chi connectivity index (χ0v) is 13.3. The molecule has 0 unspecified atom stereocenters. The summed E-state index contributed by atoms with van der Waals surface area (Å²) in [5.41, 5.74) is -0.500. The van der Waals surface area contributed by atoms with E-state index in [1.54, 1.807) is 40.0 Å². The van der Waals surface area contributed by atoms with Crippen molar-refractivity contribution in [1.82, 2.24) is 9.78 Å². The van der Waals surface area contributed by atoms with Gasteiger partial charge < -0.3 is 9.80 Å². The van der Waals surface area contributed by atoms with Crippen LogP contribution in [0, 0.1) is 11.3 Å². The zero-order valence-electron chi connectivity index (χ0n) is 13.3. The SMILES string of the molecule is Cn1cc(N2CCN(c3ccc(C#N)c(C(F)(F)F)c3)CC2=O)cn1. The van der Waals surface area contributed by atoms with E-state index in [-0.39, 0.29) is 18.1 Å². The summed E-state index contributed by atoms with van der Waals surface area (Å²) in [5, 5.41) is 12.9. The third kappa shape index (κ3) is 3.28. The first-order chi connectivity index (χ1) is 11.8. The summed E-state index contributed by atoms with van der Waals surface area (Å²) >= 11 is 0. The molecule has 0 atom stereocenters. The molecule has 1 aliphatic rings. The first-order valence-corrected chi connectivity index (χ1v) is 7.45. The van der Waals surface area contributed by atoms with Gasteiger partial charge in [0.1, 0.15) is 0 Å². The summed E-state index contributed by atoms with van der Waals surface area (Å²) in [7, 11) is 1.74. The summed E-state index contributed by atoms with van der Waals surface area (Å²) in [6.45, 7) is 0.674. The summed E-state index contributed by atoms with van der Waals surface area (Å²) < 4.78 is 40.8. The fraction of sp³-hybridized carbons (Fsp3) is 0.312. The molecule has 1 fully saturated rings. The summed E-state index contributed by atoms with van der Waals surface area (Å²) in [6, 6.07) is 5.04. The second-order valence-corrected chi connectivity index (χ2v) is 5.68. The molecule has 130 valence electrons. The van der Waals surface area contributed by atoms with Crippen LogP contribution in [0.25, 0.3) is 0 Å². The Morgan fingerprint density at radius 1 is 1.24 bits per heavy atom. The number of hydrogen-bond acceptors (Lipinski definition) is 4. The topological polar surface area (TPSA) is 65.2 Å². The molecule has 9 heteroatoms.